The summed E-state index contributed by atoms with van der Waals surface area (Å²) in [6, 6.07) is 3.56. The molecule has 1 aromatic rings. The Bertz CT molecular complexity index is 346. The van der Waals surface area contributed by atoms with Crippen molar-refractivity contribution in [3.63, 3.8) is 0 Å². The molecule has 0 amide bonds. The van der Waals surface area contributed by atoms with Crippen LogP contribution in [0.25, 0.3) is 0 Å². The van der Waals surface area contributed by atoms with Crippen molar-refractivity contribution in [1.29, 1.82) is 0 Å². The number of rotatable bonds is 5. The number of ether oxygens (including phenoxy) is 1. The van der Waals surface area contributed by atoms with Gasteiger partial charge in [-0.3, -0.25) is 4.98 Å². The first-order chi connectivity index (χ1) is 7.24. The molecule has 1 heterocycles. The van der Waals surface area contributed by atoms with Crippen molar-refractivity contribution >= 4 is 5.97 Å². The predicted molar refractivity (Wildman–Crippen MR) is 55.3 cm³/mol. The Morgan fingerprint density at radius 1 is 1.53 bits per heavy atom. The van der Waals surface area contributed by atoms with Crippen LogP contribution in [0.15, 0.2) is 36.4 Å². The van der Waals surface area contributed by atoms with E-state index in [9.17, 15) is 4.79 Å². The van der Waals surface area contributed by atoms with E-state index in [2.05, 4.69) is 4.98 Å². The monoisotopic (exact) mass is 207 g/mol. The average Bonchev–Trinajstić information content (AvgIpc) is 2.25. The Labute approximate surface area is 88.2 Å². The van der Waals surface area contributed by atoms with Crippen LogP contribution in [0.4, 0.5) is 0 Å². The molecule has 1 N–H and O–H groups in total. The van der Waals surface area contributed by atoms with Crippen LogP contribution in [-0.4, -0.2) is 22.7 Å². The molecule has 0 aliphatic heterocycles. The first-order valence-corrected chi connectivity index (χ1v) is 4.67. The molecule has 0 aromatic carbocycles. The summed E-state index contributed by atoms with van der Waals surface area (Å²) in [5.74, 6) is -0.958. The van der Waals surface area contributed by atoms with Crippen molar-refractivity contribution in [2.24, 2.45) is 0 Å². The van der Waals surface area contributed by atoms with E-state index in [0.29, 0.717) is 13.0 Å². The van der Waals surface area contributed by atoms with Crippen LogP contribution in [0.3, 0.4) is 0 Å². The van der Waals surface area contributed by atoms with Crippen molar-refractivity contribution in [3.8, 4) is 0 Å². The quantitative estimate of drug-likeness (QED) is 0.589. The summed E-state index contributed by atoms with van der Waals surface area (Å²) in [6.07, 6.45) is 4.91. The predicted octanol–water partition coefficient (Wildman–Crippen LogP) is 1.63. The van der Waals surface area contributed by atoms with E-state index < -0.39 is 5.97 Å². The Morgan fingerprint density at radius 3 is 2.73 bits per heavy atom. The van der Waals surface area contributed by atoms with Crippen molar-refractivity contribution in [2.45, 2.75) is 13.3 Å². The van der Waals surface area contributed by atoms with Crippen LogP contribution in [-0.2, 0) is 16.0 Å². The van der Waals surface area contributed by atoms with Crippen LogP contribution in [0.1, 0.15) is 12.5 Å². The highest BCUT2D eigenvalue weighted by Gasteiger charge is 2.08. The zero-order valence-electron chi connectivity index (χ0n) is 8.51. The van der Waals surface area contributed by atoms with Crippen molar-refractivity contribution in [1.82, 2.24) is 4.98 Å². The fraction of sp³-hybridized carbons (Fsp3) is 0.273. The van der Waals surface area contributed by atoms with Crippen molar-refractivity contribution < 1.29 is 14.6 Å². The molecule has 0 spiro atoms. The van der Waals surface area contributed by atoms with E-state index in [1.54, 1.807) is 24.5 Å². The number of hydrogen-bond acceptors (Lipinski definition) is 3. The van der Waals surface area contributed by atoms with Gasteiger partial charge >= 0.3 is 5.97 Å². The highest BCUT2D eigenvalue weighted by Crippen LogP contribution is 2.07. The van der Waals surface area contributed by atoms with E-state index in [1.165, 1.54) is 6.26 Å². The van der Waals surface area contributed by atoms with Gasteiger partial charge in [0.1, 0.15) is 0 Å². The molecule has 1 aromatic heterocycles. The van der Waals surface area contributed by atoms with Crippen LogP contribution >= 0.6 is 0 Å². The molecule has 0 aliphatic carbocycles. The second kappa shape index (κ2) is 5.80. The zero-order chi connectivity index (χ0) is 11.1. The van der Waals surface area contributed by atoms with Gasteiger partial charge < -0.3 is 9.84 Å². The van der Waals surface area contributed by atoms with Gasteiger partial charge in [0.05, 0.1) is 18.4 Å². The first-order valence-electron chi connectivity index (χ1n) is 4.67. The molecule has 0 bridgehead atoms. The Balaban J connectivity index is 2.72. The highest BCUT2D eigenvalue weighted by molar-refractivity contribution is 5.86. The third kappa shape index (κ3) is 3.81. The maximum Gasteiger partial charge on any atom is 0.335 e. The SMILES string of the molecule is CCO/C=C(\Cc1ccncc1)C(=O)O. The molecule has 0 atom stereocenters. The zero-order valence-corrected chi connectivity index (χ0v) is 8.51. The molecule has 4 heteroatoms. The smallest absolute Gasteiger partial charge is 0.335 e. The normalized spacial score (nSPS) is 11.1. The molecule has 0 aliphatic rings. The average molecular weight is 207 g/mol. The molecule has 0 radical (unpaired) electrons. The Morgan fingerprint density at radius 2 is 2.20 bits per heavy atom. The van der Waals surface area contributed by atoms with E-state index in [4.69, 9.17) is 9.84 Å². The lowest BCUT2D eigenvalue weighted by atomic mass is 10.1. The highest BCUT2D eigenvalue weighted by atomic mass is 16.5. The summed E-state index contributed by atoms with van der Waals surface area (Å²) in [5, 5.41) is 8.90. The molecular formula is C11H13NO3. The second-order valence-electron chi connectivity index (χ2n) is 2.94. The van der Waals surface area contributed by atoms with Crippen LogP contribution in [0.2, 0.25) is 0 Å². The lowest BCUT2D eigenvalue weighted by Crippen LogP contribution is -2.05. The number of carboxylic acids is 1. The summed E-state index contributed by atoms with van der Waals surface area (Å²) in [4.78, 5) is 14.7. The number of aromatic nitrogens is 1. The number of carboxylic acid groups (broad SMARTS) is 1. The number of nitrogens with zero attached hydrogens (tertiary/aromatic N) is 1. The maximum atomic E-state index is 10.8. The van der Waals surface area contributed by atoms with Gasteiger partial charge in [-0.25, -0.2) is 4.79 Å². The Hall–Kier alpha value is -1.84. The molecular weight excluding hydrogens is 194 g/mol. The van der Waals surface area contributed by atoms with Gasteiger partial charge in [-0.15, -0.1) is 0 Å². The molecule has 15 heavy (non-hydrogen) atoms. The van der Waals surface area contributed by atoms with Crippen LogP contribution in [0, 0.1) is 0 Å². The first kappa shape index (κ1) is 11.2. The standard InChI is InChI=1S/C11H13NO3/c1-2-15-8-10(11(13)14)7-9-3-5-12-6-4-9/h3-6,8H,2,7H2,1H3,(H,13,14)/b10-8+. The molecule has 0 fully saturated rings. The van der Waals surface area contributed by atoms with Gasteiger partial charge in [-0.1, -0.05) is 0 Å². The molecule has 1 rings (SSSR count). The minimum Gasteiger partial charge on any atom is -0.501 e. The van der Waals surface area contributed by atoms with Gasteiger partial charge in [-0.05, 0) is 24.6 Å². The molecule has 4 nitrogen and oxygen atoms in total. The topological polar surface area (TPSA) is 59.4 Å². The third-order valence-corrected chi connectivity index (χ3v) is 1.81. The third-order valence-electron chi connectivity index (χ3n) is 1.81. The fourth-order valence-corrected chi connectivity index (χ4v) is 1.07. The van der Waals surface area contributed by atoms with E-state index in [-0.39, 0.29) is 5.57 Å². The minimum absolute atomic E-state index is 0.239. The lowest BCUT2D eigenvalue weighted by molar-refractivity contribution is -0.132. The van der Waals surface area contributed by atoms with Crippen LogP contribution < -0.4 is 0 Å². The van der Waals surface area contributed by atoms with E-state index >= 15 is 0 Å². The summed E-state index contributed by atoms with van der Waals surface area (Å²) in [7, 11) is 0. The molecule has 0 saturated carbocycles. The van der Waals surface area contributed by atoms with Crippen molar-refractivity contribution in [2.75, 3.05) is 6.61 Å². The van der Waals surface area contributed by atoms with Crippen molar-refractivity contribution in [3.05, 3.63) is 41.9 Å². The fourth-order valence-electron chi connectivity index (χ4n) is 1.07. The second-order valence-corrected chi connectivity index (χ2v) is 2.94. The van der Waals surface area contributed by atoms with Gasteiger partial charge in [0.2, 0.25) is 0 Å². The summed E-state index contributed by atoms with van der Waals surface area (Å²) < 4.78 is 4.97. The summed E-state index contributed by atoms with van der Waals surface area (Å²) in [6.45, 7) is 2.27. The maximum absolute atomic E-state index is 10.8. The van der Waals surface area contributed by atoms with E-state index in [0.717, 1.165) is 5.56 Å². The lowest BCUT2D eigenvalue weighted by Gasteiger charge is -2.02. The molecule has 0 saturated heterocycles. The number of aliphatic carboxylic acids is 1. The van der Waals surface area contributed by atoms with Gasteiger partial charge in [0.25, 0.3) is 0 Å². The van der Waals surface area contributed by atoms with Gasteiger partial charge in [-0.2, -0.15) is 0 Å². The molecule has 0 unspecified atom stereocenters. The largest absolute Gasteiger partial charge is 0.501 e. The molecule has 80 valence electrons. The number of carbonyl (C=O) groups is 1. The summed E-state index contributed by atoms with van der Waals surface area (Å²) >= 11 is 0. The van der Waals surface area contributed by atoms with Gasteiger partial charge in [0, 0.05) is 18.8 Å². The number of hydrogen-bond donors (Lipinski definition) is 1. The Kier molecular flexibility index (Phi) is 4.34. The summed E-state index contributed by atoms with van der Waals surface area (Å²) in [5.41, 5.74) is 1.14. The number of pyridine rings is 1. The van der Waals surface area contributed by atoms with E-state index in [1.807, 2.05) is 6.92 Å². The van der Waals surface area contributed by atoms with Crippen LogP contribution in [0.5, 0.6) is 0 Å². The minimum atomic E-state index is -0.958. The van der Waals surface area contributed by atoms with Gasteiger partial charge in [0.15, 0.2) is 0 Å².